The first kappa shape index (κ1) is 14.4. The molecule has 0 fully saturated rings. The Morgan fingerprint density at radius 1 is 1.00 bits per heavy atom. The van der Waals surface area contributed by atoms with Gasteiger partial charge in [-0.25, -0.2) is 8.42 Å². The van der Waals surface area contributed by atoms with Gasteiger partial charge >= 0.3 is 0 Å². The Bertz CT molecular complexity index is 692. The van der Waals surface area contributed by atoms with Crippen LogP contribution in [0.3, 0.4) is 0 Å². The van der Waals surface area contributed by atoms with Crippen molar-refractivity contribution < 1.29 is 8.42 Å². The van der Waals surface area contributed by atoms with Crippen LogP contribution in [0.5, 0.6) is 0 Å². The van der Waals surface area contributed by atoms with Crippen molar-refractivity contribution in [2.45, 2.75) is 11.8 Å². The molecular weight excluding hydrogens is 272 g/mol. The molecule has 5 heteroatoms. The summed E-state index contributed by atoms with van der Waals surface area (Å²) >= 11 is 0. The van der Waals surface area contributed by atoms with E-state index in [1.807, 2.05) is 38.1 Å². The van der Waals surface area contributed by atoms with Crippen LogP contribution in [0.2, 0.25) is 0 Å². The van der Waals surface area contributed by atoms with E-state index in [4.69, 9.17) is 0 Å². The molecule has 0 saturated heterocycles. The molecule has 0 bridgehead atoms. The molecule has 2 aromatic carbocycles. The number of nitrogens with one attached hydrogen (secondary N) is 1. The summed E-state index contributed by atoms with van der Waals surface area (Å²) in [5, 5.41) is 0. The van der Waals surface area contributed by atoms with E-state index in [1.165, 1.54) is 0 Å². The number of hydrogen-bond donors (Lipinski definition) is 1. The third-order valence-corrected chi connectivity index (χ3v) is 4.34. The quantitative estimate of drug-likeness (QED) is 0.942. The lowest BCUT2D eigenvalue weighted by molar-refractivity contribution is 0.601. The molecule has 1 N–H and O–H groups in total. The van der Waals surface area contributed by atoms with Gasteiger partial charge in [0.05, 0.1) is 10.6 Å². The number of benzene rings is 2. The summed E-state index contributed by atoms with van der Waals surface area (Å²) in [5.74, 6) is 0. The standard InChI is InChI=1S/C15H18N2O2S/c1-12-7-9-15(10-8-12)20(18,19)16-13-5-4-6-14(11-13)17(2)3/h4-11,16H,1-3H3. The SMILES string of the molecule is Cc1ccc(S(=O)(=O)Nc2cccc(N(C)C)c2)cc1. The number of aryl methyl sites for hydroxylation is 1. The summed E-state index contributed by atoms with van der Waals surface area (Å²) in [6.07, 6.45) is 0. The maximum atomic E-state index is 12.3. The summed E-state index contributed by atoms with van der Waals surface area (Å²) in [4.78, 5) is 2.18. The van der Waals surface area contributed by atoms with Crippen molar-refractivity contribution in [3.63, 3.8) is 0 Å². The van der Waals surface area contributed by atoms with Crippen molar-refractivity contribution in [3.8, 4) is 0 Å². The Balaban J connectivity index is 2.28. The summed E-state index contributed by atoms with van der Waals surface area (Å²) < 4.78 is 27.1. The minimum Gasteiger partial charge on any atom is -0.378 e. The molecule has 20 heavy (non-hydrogen) atoms. The highest BCUT2D eigenvalue weighted by Crippen LogP contribution is 2.21. The van der Waals surface area contributed by atoms with Gasteiger partial charge in [-0.2, -0.15) is 0 Å². The first-order valence-electron chi connectivity index (χ1n) is 6.25. The molecule has 0 amide bonds. The van der Waals surface area contributed by atoms with Gasteiger partial charge in [-0.15, -0.1) is 0 Å². The van der Waals surface area contributed by atoms with Crippen molar-refractivity contribution in [2.75, 3.05) is 23.7 Å². The summed E-state index contributed by atoms with van der Waals surface area (Å²) in [7, 11) is 0.280. The zero-order chi connectivity index (χ0) is 14.8. The van der Waals surface area contributed by atoms with Gasteiger partial charge in [0.2, 0.25) is 0 Å². The van der Waals surface area contributed by atoms with Crippen molar-refractivity contribution >= 4 is 21.4 Å². The molecule has 2 rings (SSSR count). The van der Waals surface area contributed by atoms with Crippen LogP contribution in [0.4, 0.5) is 11.4 Å². The van der Waals surface area contributed by atoms with E-state index in [0.717, 1.165) is 11.3 Å². The van der Waals surface area contributed by atoms with Crippen molar-refractivity contribution in [1.82, 2.24) is 0 Å². The molecular formula is C15H18N2O2S. The van der Waals surface area contributed by atoms with Crippen LogP contribution in [-0.2, 0) is 10.0 Å². The van der Waals surface area contributed by atoms with E-state index >= 15 is 0 Å². The molecule has 0 aliphatic carbocycles. The highest BCUT2D eigenvalue weighted by molar-refractivity contribution is 7.92. The summed E-state index contributed by atoms with van der Waals surface area (Å²) in [5.41, 5.74) is 2.52. The lowest BCUT2D eigenvalue weighted by Gasteiger charge is -2.14. The zero-order valence-electron chi connectivity index (χ0n) is 11.8. The van der Waals surface area contributed by atoms with E-state index in [9.17, 15) is 8.42 Å². The van der Waals surface area contributed by atoms with Crippen molar-refractivity contribution in [2.24, 2.45) is 0 Å². The normalized spacial score (nSPS) is 11.2. The van der Waals surface area contributed by atoms with Crippen LogP contribution in [0.1, 0.15) is 5.56 Å². The van der Waals surface area contributed by atoms with Gasteiger partial charge in [-0.3, -0.25) is 4.72 Å². The maximum absolute atomic E-state index is 12.3. The van der Waals surface area contributed by atoms with Gasteiger partial charge in [0.1, 0.15) is 0 Å². The fraction of sp³-hybridized carbons (Fsp3) is 0.200. The molecule has 0 aliphatic rings. The van der Waals surface area contributed by atoms with Crippen molar-refractivity contribution in [3.05, 3.63) is 54.1 Å². The van der Waals surface area contributed by atoms with Crippen LogP contribution >= 0.6 is 0 Å². The van der Waals surface area contributed by atoms with Crippen LogP contribution in [0.25, 0.3) is 0 Å². The number of nitrogens with zero attached hydrogens (tertiary/aromatic N) is 1. The molecule has 0 unspecified atom stereocenters. The molecule has 0 radical (unpaired) electrons. The second kappa shape index (κ2) is 5.54. The van der Waals surface area contributed by atoms with Gasteiger partial charge in [0, 0.05) is 19.8 Å². The Morgan fingerprint density at radius 2 is 1.65 bits per heavy atom. The van der Waals surface area contributed by atoms with Gasteiger partial charge in [-0.1, -0.05) is 23.8 Å². The molecule has 0 spiro atoms. The third-order valence-electron chi connectivity index (χ3n) is 2.95. The van der Waals surface area contributed by atoms with Gasteiger partial charge < -0.3 is 4.90 Å². The second-order valence-electron chi connectivity index (χ2n) is 4.86. The lowest BCUT2D eigenvalue weighted by Crippen LogP contribution is -2.14. The number of anilines is 2. The molecule has 0 aliphatic heterocycles. The van der Waals surface area contributed by atoms with E-state index in [-0.39, 0.29) is 4.90 Å². The van der Waals surface area contributed by atoms with E-state index in [2.05, 4.69) is 4.72 Å². The minimum absolute atomic E-state index is 0.262. The molecule has 106 valence electrons. The van der Waals surface area contributed by atoms with Crippen LogP contribution < -0.4 is 9.62 Å². The summed E-state index contributed by atoms with van der Waals surface area (Å²) in [6, 6.07) is 14.0. The highest BCUT2D eigenvalue weighted by Gasteiger charge is 2.13. The predicted octanol–water partition coefficient (Wildman–Crippen LogP) is 2.86. The van der Waals surface area contributed by atoms with E-state index in [1.54, 1.807) is 36.4 Å². The molecule has 0 saturated carbocycles. The van der Waals surface area contributed by atoms with Crippen LogP contribution in [0, 0.1) is 6.92 Å². The summed E-state index contributed by atoms with van der Waals surface area (Å²) in [6.45, 7) is 1.92. The highest BCUT2D eigenvalue weighted by atomic mass is 32.2. The van der Waals surface area contributed by atoms with Gasteiger partial charge in [-0.05, 0) is 37.3 Å². The number of sulfonamides is 1. The molecule has 0 aromatic heterocycles. The first-order chi connectivity index (χ1) is 9.38. The van der Waals surface area contributed by atoms with Crippen molar-refractivity contribution in [1.29, 1.82) is 0 Å². The van der Waals surface area contributed by atoms with Gasteiger partial charge in [0.25, 0.3) is 10.0 Å². The maximum Gasteiger partial charge on any atom is 0.261 e. The molecule has 2 aromatic rings. The second-order valence-corrected chi connectivity index (χ2v) is 6.55. The Kier molecular flexibility index (Phi) is 3.99. The molecule has 0 atom stereocenters. The first-order valence-corrected chi connectivity index (χ1v) is 7.74. The predicted molar refractivity (Wildman–Crippen MR) is 82.8 cm³/mol. The average Bonchev–Trinajstić information content (AvgIpc) is 2.39. The van der Waals surface area contributed by atoms with E-state index < -0.39 is 10.0 Å². The average molecular weight is 290 g/mol. The lowest BCUT2D eigenvalue weighted by atomic mass is 10.2. The van der Waals surface area contributed by atoms with Crippen LogP contribution in [0.15, 0.2) is 53.4 Å². The topological polar surface area (TPSA) is 49.4 Å². The minimum atomic E-state index is -3.54. The van der Waals surface area contributed by atoms with E-state index in [0.29, 0.717) is 5.69 Å². The molecule has 4 nitrogen and oxygen atoms in total. The fourth-order valence-corrected chi connectivity index (χ4v) is 2.83. The Hall–Kier alpha value is -2.01. The Morgan fingerprint density at radius 3 is 2.25 bits per heavy atom. The van der Waals surface area contributed by atoms with Gasteiger partial charge in [0.15, 0.2) is 0 Å². The molecule has 0 heterocycles. The monoisotopic (exact) mass is 290 g/mol. The fourth-order valence-electron chi connectivity index (χ4n) is 1.78. The number of rotatable bonds is 4. The smallest absolute Gasteiger partial charge is 0.261 e. The largest absolute Gasteiger partial charge is 0.378 e. The zero-order valence-corrected chi connectivity index (χ0v) is 12.6. The Labute approximate surface area is 120 Å². The third kappa shape index (κ3) is 3.30. The number of hydrogen-bond acceptors (Lipinski definition) is 3. The van der Waals surface area contributed by atoms with Crippen LogP contribution in [-0.4, -0.2) is 22.5 Å².